The third-order valence-corrected chi connectivity index (χ3v) is 5.26. The van der Waals surface area contributed by atoms with Crippen molar-refractivity contribution in [2.45, 2.75) is 52.0 Å². The average molecular weight is 406 g/mol. The zero-order valence-electron chi connectivity index (χ0n) is 18.8. The fourth-order valence-electron chi connectivity index (χ4n) is 4.04. The van der Waals surface area contributed by atoms with Crippen LogP contribution in [0.4, 0.5) is 0 Å². The molecule has 0 radical (unpaired) electrons. The Labute approximate surface area is 171 Å². The van der Waals surface area contributed by atoms with Crippen molar-refractivity contribution in [3.05, 3.63) is 7.05 Å². The van der Waals surface area contributed by atoms with E-state index in [4.69, 9.17) is 28.4 Å². The Morgan fingerprint density at radius 3 is 1.32 bits per heavy atom. The van der Waals surface area contributed by atoms with Crippen molar-refractivity contribution in [3.63, 3.8) is 0 Å². The Bertz CT molecular complexity index is 348. The van der Waals surface area contributed by atoms with Gasteiger partial charge in [0.1, 0.15) is 12.2 Å². The molecule has 0 aliphatic carbocycles. The van der Waals surface area contributed by atoms with Crippen molar-refractivity contribution in [2.75, 3.05) is 67.1 Å². The molecule has 28 heavy (non-hydrogen) atoms. The van der Waals surface area contributed by atoms with Crippen LogP contribution < -0.4 is 4.90 Å². The van der Waals surface area contributed by atoms with Gasteiger partial charge in [0.2, 0.25) is 0 Å². The minimum absolute atomic E-state index is 0.00935. The summed E-state index contributed by atoms with van der Waals surface area (Å²) in [6, 6.07) is 0.566. The highest BCUT2D eigenvalue weighted by Gasteiger charge is 2.52. The molecule has 1 N–H and O–H groups in total. The Morgan fingerprint density at radius 2 is 1.00 bits per heavy atom. The van der Waals surface area contributed by atoms with Gasteiger partial charge in [0.05, 0.1) is 64.9 Å². The third kappa shape index (κ3) is 8.22. The first-order valence-corrected chi connectivity index (χ1v) is 10.5. The van der Waals surface area contributed by atoms with Crippen LogP contribution >= 0.6 is 0 Å². The van der Waals surface area contributed by atoms with Crippen molar-refractivity contribution < 1.29 is 33.3 Å². The Hall–Kier alpha value is -0.280. The van der Waals surface area contributed by atoms with Crippen LogP contribution in [0.15, 0.2) is 0 Å². The zero-order valence-corrected chi connectivity index (χ0v) is 18.8. The zero-order chi connectivity index (χ0) is 20.9. The number of methoxy groups -OCH3 is 2. The molecule has 7 nitrogen and oxygen atoms in total. The molecule has 0 amide bonds. The SMILES string of the molecule is [CH2-][NH+]1[C@H](C(C)C)[C@H](OCCOCCOC)[C@@H](OCCOCCOC)[C@H]1C(C)C. The van der Waals surface area contributed by atoms with Crippen molar-refractivity contribution in [2.24, 2.45) is 11.8 Å². The summed E-state index contributed by atoms with van der Waals surface area (Å²) in [5.41, 5.74) is 0. The smallest absolute Gasteiger partial charge is 0.139 e. The molecule has 0 aromatic rings. The molecule has 1 heterocycles. The number of ether oxygens (including phenoxy) is 6. The van der Waals surface area contributed by atoms with Gasteiger partial charge in [-0.3, -0.25) is 0 Å². The number of quaternary nitrogens is 1. The van der Waals surface area contributed by atoms with Gasteiger partial charge in [-0.2, -0.15) is 7.05 Å². The number of rotatable bonds is 16. The number of hydrogen-bond donors (Lipinski definition) is 1. The molecule has 1 rings (SSSR count). The fourth-order valence-corrected chi connectivity index (χ4v) is 4.04. The lowest BCUT2D eigenvalue weighted by atomic mass is 9.95. The molecule has 1 aliphatic heterocycles. The lowest BCUT2D eigenvalue weighted by molar-refractivity contribution is -0.902. The molecule has 1 fully saturated rings. The van der Waals surface area contributed by atoms with E-state index < -0.39 is 0 Å². The first kappa shape index (κ1) is 25.8. The standard InChI is InChI=1S/C21H43NO6/c1-16(2)18-20(27-14-12-25-10-8-23-6)21(19(17(3)4)22(18)5)28-15-13-26-11-9-24-7/h16-22H,5,8-15H2,1-4,6-7H3/t18-,19-,20+,21+/m1/s1. The molecule has 0 aromatic carbocycles. The largest absolute Gasteiger partial charge is 0.458 e. The Balaban J connectivity index is 2.66. The minimum atomic E-state index is -0.00935. The molecular formula is C21H43NO6. The highest BCUT2D eigenvalue weighted by atomic mass is 16.6. The first-order valence-electron chi connectivity index (χ1n) is 10.5. The van der Waals surface area contributed by atoms with Crippen LogP contribution in [0.3, 0.4) is 0 Å². The number of nitrogens with one attached hydrogen (secondary N) is 1. The Kier molecular flexibility index (Phi) is 13.5. The van der Waals surface area contributed by atoms with Crippen LogP contribution in [0.5, 0.6) is 0 Å². The summed E-state index contributed by atoms with van der Waals surface area (Å²) in [5, 5.41) is 0. The number of likely N-dealkylation sites (tertiary alicyclic amines) is 1. The van der Waals surface area contributed by atoms with E-state index in [0.29, 0.717) is 64.7 Å². The lowest BCUT2D eigenvalue weighted by Gasteiger charge is -2.34. The van der Waals surface area contributed by atoms with Crippen LogP contribution in [0, 0.1) is 18.9 Å². The molecule has 0 saturated carbocycles. The lowest BCUT2D eigenvalue weighted by Crippen LogP contribution is -3.14. The van der Waals surface area contributed by atoms with Gasteiger partial charge in [0.15, 0.2) is 0 Å². The second-order valence-corrected chi connectivity index (χ2v) is 8.00. The van der Waals surface area contributed by atoms with Crippen molar-refractivity contribution in [1.82, 2.24) is 0 Å². The van der Waals surface area contributed by atoms with Crippen LogP contribution in [-0.2, 0) is 28.4 Å². The van der Waals surface area contributed by atoms with Crippen molar-refractivity contribution in [1.29, 1.82) is 0 Å². The van der Waals surface area contributed by atoms with E-state index in [1.165, 1.54) is 4.90 Å². The summed E-state index contributed by atoms with van der Waals surface area (Å²) >= 11 is 0. The predicted octanol–water partition coefficient (Wildman–Crippen LogP) is 0.822. The fraction of sp³-hybridized carbons (Fsp3) is 0.952. The van der Waals surface area contributed by atoms with Crippen LogP contribution in [0.25, 0.3) is 0 Å². The third-order valence-electron chi connectivity index (χ3n) is 5.26. The van der Waals surface area contributed by atoms with Crippen molar-refractivity contribution >= 4 is 0 Å². The maximum Gasteiger partial charge on any atom is 0.139 e. The molecule has 0 bridgehead atoms. The summed E-state index contributed by atoms with van der Waals surface area (Å²) in [6.45, 7) is 13.5. The molecule has 0 aromatic heterocycles. The topological polar surface area (TPSA) is 59.8 Å². The molecular weight excluding hydrogens is 362 g/mol. The van der Waals surface area contributed by atoms with Gasteiger partial charge in [-0.25, -0.2) is 0 Å². The molecule has 1 saturated heterocycles. The average Bonchev–Trinajstić information content (AvgIpc) is 2.92. The summed E-state index contributed by atoms with van der Waals surface area (Å²) in [6.07, 6.45) is -0.0187. The quantitative estimate of drug-likeness (QED) is 0.303. The highest BCUT2D eigenvalue weighted by molar-refractivity contribution is 4.93. The molecule has 1 aliphatic rings. The summed E-state index contributed by atoms with van der Waals surface area (Å²) in [5.74, 6) is 0.888. The normalized spacial score (nSPS) is 28.0. The predicted molar refractivity (Wildman–Crippen MR) is 108 cm³/mol. The molecule has 0 spiro atoms. The molecule has 4 atom stereocenters. The van der Waals surface area contributed by atoms with Crippen LogP contribution in [0.1, 0.15) is 27.7 Å². The summed E-state index contributed by atoms with van der Waals surface area (Å²) in [7, 11) is 7.78. The monoisotopic (exact) mass is 405 g/mol. The van der Waals surface area contributed by atoms with Gasteiger partial charge in [-0.05, 0) is 0 Å². The van der Waals surface area contributed by atoms with E-state index in [0.717, 1.165) is 0 Å². The van der Waals surface area contributed by atoms with Gasteiger partial charge in [-0.15, -0.1) is 0 Å². The van der Waals surface area contributed by atoms with E-state index >= 15 is 0 Å². The van der Waals surface area contributed by atoms with E-state index in [9.17, 15) is 0 Å². The highest BCUT2D eigenvalue weighted by Crippen LogP contribution is 2.25. The van der Waals surface area contributed by atoms with Gasteiger partial charge < -0.3 is 33.3 Å². The van der Waals surface area contributed by atoms with E-state index in [-0.39, 0.29) is 24.3 Å². The number of hydrogen-bond acceptors (Lipinski definition) is 6. The van der Waals surface area contributed by atoms with Crippen LogP contribution in [0.2, 0.25) is 0 Å². The van der Waals surface area contributed by atoms with Crippen LogP contribution in [-0.4, -0.2) is 91.4 Å². The first-order chi connectivity index (χ1) is 13.5. The second-order valence-electron chi connectivity index (χ2n) is 8.00. The van der Waals surface area contributed by atoms with E-state index in [1.54, 1.807) is 14.2 Å². The molecule has 0 unspecified atom stereocenters. The summed E-state index contributed by atoms with van der Waals surface area (Å²) < 4.78 is 33.7. The van der Waals surface area contributed by atoms with E-state index in [2.05, 4.69) is 34.7 Å². The van der Waals surface area contributed by atoms with Gasteiger partial charge in [0, 0.05) is 26.1 Å². The van der Waals surface area contributed by atoms with Gasteiger partial charge >= 0.3 is 0 Å². The summed E-state index contributed by atoms with van der Waals surface area (Å²) in [4.78, 5) is 1.25. The van der Waals surface area contributed by atoms with E-state index in [1.807, 2.05) is 0 Å². The Morgan fingerprint density at radius 1 is 0.643 bits per heavy atom. The second kappa shape index (κ2) is 14.7. The molecule has 168 valence electrons. The minimum Gasteiger partial charge on any atom is -0.458 e. The van der Waals surface area contributed by atoms with Crippen molar-refractivity contribution in [3.8, 4) is 0 Å². The van der Waals surface area contributed by atoms with Gasteiger partial charge in [0.25, 0.3) is 0 Å². The maximum atomic E-state index is 6.30. The maximum absolute atomic E-state index is 6.30. The van der Waals surface area contributed by atoms with Gasteiger partial charge in [-0.1, -0.05) is 27.7 Å². The molecule has 7 heteroatoms.